The fraction of sp³-hybridized carbons (Fsp3) is 0.316. The number of hydrogen-bond donors (Lipinski definition) is 2. The Hall–Kier alpha value is -4.00. The number of rotatable bonds is 8. The Bertz CT molecular complexity index is 1390. The van der Waals surface area contributed by atoms with Crippen molar-refractivity contribution in [3.8, 4) is 0 Å². The molecular formula is C38H42Cl2N4O2. The van der Waals surface area contributed by atoms with Crippen molar-refractivity contribution < 1.29 is 9.59 Å². The van der Waals surface area contributed by atoms with Gasteiger partial charge in [-0.2, -0.15) is 0 Å². The summed E-state index contributed by atoms with van der Waals surface area (Å²) in [5, 5.41) is 7.46. The van der Waals surface area contributed by atoms with Gasteiger partial charge in [0.15, 0.2) is 0 Å². The molecule has 0 aliphatic heterocycles. The third-order valence-electron chi connectivity index (χ3n) is 8.64. The first-order chi connectivity index (χ1) is 22.4. The van der Waals surface area contributed by atoms with Crippen LogP contribution in [0.3, 0.4) is 0 Å². The summed E-state index contributed by atoms with van der Waals surface area (Å²) in [5.74, 6) is 0. The summed E-state index contributed by atoms with van der Waals surface area (Å²) in [7, 11) is 0. The molecule has 0 radical (unpaired) electrons. The van der Waals surface area contributed by atoms with Crippen LogP contribution in [0.4, 0.5) is 21.0 Å². The lowest BCUT2D eigenvalue weighted by Gasteiger charge is -2.29. The van der Waals surface area contributed by atoms with Crippen molar-refractivity contribution in [2.75, 3.05) is 10.6 Å². The Morgan fingerprint density at radius 1 is 0.522 bits per heavy atom. The number of benzene rings is 4. The highest BCUT2D eigenvalue weighted by Gasteiger charge is 2.28. The molecule has 0 saturated heterocycles. The fourth-order valence-corrected chi connectivity index (χ4v) is 6.42. The largest absolute Gasteiger partial charge is 0.322 e. The summed E-state index contributed by atoms with van der Waals surface area (Å²) in [4.78, 5) is 29.4. The van der Waals surface area contributed by atoms with Gasteiger partial charge in [-0.3, -0.25) is 0 Å². The quantitative estimate of drug-likeness (QED) is 0.198. The molecule has 0 aromatic heterocycles. The van der Waals surface area contributed by atoms with Gasteiger partial charge in [-0.15, -0.1) is 0 Å². The van der Waals surface area contributed by atoms with Crippen LogP contribution in [-0.4, -0.2) is 33.9 Å². The van der Waals surface area contributed by atoms with E-state index in [0.717, 1.165) is 58.2 Å². The van der Waals surface area contributed by atoms with Gasteiger partial charge in [0.2, 0.25) is 0 Å². The van der Waals surface area contributed by atoms with Crippen LogP contribution >= 0.6 is 23.2 Å². The molecule has 0 heterocycles. The molecule has 240 valence electrons. The molecule has 46 heavy (non-hydrogen) atoms. The molecule has 4 aromatic rings. The van der Waals surface area contributed by atoms with Crippen LogP contribution < -0.4 is 10.6 Å². The maximum Gasteiger partial charge on any atom is 0.322 e. The molecule has 2 saturated carbocycles. The predicted molar refractivity (Wildman–Crippen MR) is 189 cm³/mol. The van der Waals surface area contributed by atoms with E-state index in [2.05, 4.69) is 10.6 Å². The van der Waals surface area contributed by atoms with E-state index in [1.54, 1.807) is 0 Å². The SMILES string of the molecule is O=C(Nc1ccccc1)N(Cc1ccc(Cl)cc1)C1CCCC1.O=C(Nc1ccccc1)N(Cc1ccc(Cl)cc1)C1CCCC1. The Kier molecular flexibility index (Phi) is 12.4. The molecule has 0 bridgehead atoms. The molecule has 0 unspecified atom stereocenters. The molecule has 0 spiro atoms. The van der Waals surface area contributed by atoms with Gasteiger partial charge in [0.1, 0.15) is 0 Å². The highest BCUT2D eigenvalue weighted by Crippen LogP contribution is 2.27. The zero-order chi connectivity index (χ0) is 32.1. The number of amides is 4. The third kappa shape index (κ3) is 10.0. The van der Waals surface area contributed by atoms with Gasteiger partial charge in [-0.1, -0.05) is 110 Å². The van der Waals surface area contributed by atoms with E-state index < -0.39 is 0 Å². The number of nitrogens with one attached hydrogen (secondary N) is 2. The minimum Gasteiger partial charge on any atom is -0.317 e. The van der Waals surface area contributed by atoms with Crippen molar-refractivity contribution in [3.05, 3.63) is 130 Å². The minimum absolute atomic E-state index is 0.0296. The van der Waals surface area contributed by atoms with Crippen molar-refractivity contribution >= 4 is 46.6 Å². The highest BCUT2D eigenvalue weighted by molar-refractivity contribution is 6.30. The van der Waals surface area contributed by atoms with Gasteiger partial charge in [-0.25, -0.2) is 9.59 Å². The molecule has 8 heteroatoms. The number of carbonyl (C=O) groups excluding carboxylic acids is 2. The van der Waals surface area contributed by atoms with E-state index in [1.165, 1.54) is 25.7 Å². The molecular weight excluding hydrogens is 615 g/mol. The number of nitrogens with zero attached hydrogens (tertiary/aromatic N) is 2. The Morgan fingerprint density at radius 3 is 1.17 bits per heavy atom. The number of carbonyl (C=O) groups is 2. The predicted octanol–water partition coefficient (Wildman–Crippen LogP) is 10.6. The second-order valence-corrected chi connectivity index (χ2v) is 12.9. The zero-order valence-electron chi connectivity index (χ0n) is 26.1. The van der Waals surface area contributed by atoms with E-state index in [1.807, 2.05) is 119 Å². The van der Waals surface area contributed by atoms with Gasteiger partial charge in [0.05, 0.1) is 0 Å². The lowest BCUT2D eigenvalue weighted by Crippen LogP contribution is -2.41. The standard InChI is InChI=1S/2C19H21ClN2O/c2*20-16-12-10-15(11-13-16)14-22(18-8-4-5-9-18)19(23)21-17-6-2-1-3-7-17/h2*1-3,6-7,10-13,18H,4-5,8-9,14H2,(H,21,23). The first kappa shape index (κ1) is 33.4. The third-order valence-corrected chi connectivity index (χ3v) is 9.14. The maximum absolute atomic E-state index is 12.8. The number of hydrogen-bond acceptors (Lipinski definition) is 2. The minimum atomic E-state index is -0.0296. The monoisotopic (exact) mass is 656 g/mol. The summed E-state index contributed by atoms with van der Waals surface area (Å²) in [5.41, 5.74) is 3.86. The Morgan fingerprint density at radius 2 is 0.848 bits per heavy atom. The first-order valence-electron chi connectivity index (χ1n) is 16.2. The van der Waals surface area contributed by atoms with Gasteiger partial charge in [-0.05, 0) is 85.3 Å². The number of halogens is 2. The van der Waals surface area contributed by atoms with Gasteiger partial charge >= 0.3 is 12.1 Å². The van der Waals surface area contributed by atoms with Crippen LogP contribution in [-0.2, 0) is 13.1 Å². The van der Waals surface area contributed by atoms with Crippen LogP contribution in [0.2, 0.25) is 10.0 Å². The molecule has 2 fully saturated rings. The average molecular weight is 658 g/mol. The lowest BCUT2D eigenvalue weighted by molar-refractivity contribution is 0.184. The van der Waals surface area contributed by atoms with Gasteiger partial charge in [0.25, 0.3) is 0 Å². The van der Waals surface area contributed by atoms with E-state index in [-0.39, 0.29) is 12.1 Å². The molecule has 2 aliphatic rings. The van der Waals surface area contributed by atoms with Crippen molar-refractivity contribution in [3.63, 3.8) is 0 Å². The smallest absolute Gasteiger partial charge is 0.317 e. The van der Waals surface area contributed by atoms with E-state index in [4.69, 9.17) is 23.2 Å². The molecule has 2 aliphatic carbocycles. The summed E-state index contributed by atoms with van der Waals surface area (Å²) >= 11 is 11.9. The summed E-state index contributed by atoms with van der Waals surface area (Å²) in [6.07, 6.45) is 9.10. The first-order valence-corrected chi connectivity index (χ1v) is 16.9. The molecule has 4 amide bonds. The van der Waals surface area contributed by atoms with Crippen molar-refractivity contribution in [1.82, 2.24) is 9.80 Å². The van der Waals surface area contributed by atoms with E-state index in [0.29, 0.717) is 25.2 Å². The van der Waals surface area contributed by atoms with Crippen LogP contribution in [0.25, 0.3) is 0 Å². The topological polar surface area (TPSA) is 64.7 Å². The average Bonchev–Trinajstić information content (AvgIpc) is 3.81. The molecule has 0 atom stereocenters. The second-order valence-electron chi connectivity index (χ2n) is 12.0. The molecule has 6 rings (SSSR count). The fourth-order valence-electron chi connectivity index (χ4n) is 6.17. The van der Waals surface area contributed by atoms with Crippen LogP contribution in [0, 0.1) is 0 Å². The number of urea groups is 2. The normalized spacial score (nSPS) is 14.7. The van der Waals surface area contributed by atoms with Crippen LogP contribution in [0.15, 0.2) is 109 Å². The molecule has 6 nitrogen and oxygen atoms in total. The Balaban J connectivity index is 0.000000181. The van der Waals surface area contributed by atoms with Crippen molar-refractivity contribution in [2.24, 2.45) is 0 Å². The van der Waals surface area contributed by atoms with Crippen molar-refractivity contribution in [1.29, 1.82) is 0 Å². The van der Waals surface area contributed by atoms with Gasteiger partial charge in [0, 0.05) is 46.6 Å². The summed E-state index contributed by atoms with van der Waals surface area (Å²) in [6.45, 7) is 1.22. The van der Waals surface area contributed by atoms with Gasteiger partial charge < -0.3 is 20.4 Å². The zero-order valence-corrected chi connectivity index (χ0v) is 27.6. The molecule has 2 N–H and O–H groups in total. The second kappa shape index (κ2) is 17.1. The van der Waals surface area contributed by atoms with E-state index >= 15 is 0 Å². The number of anilines is 2. The highest BCUT2D eigenvalue weighted by atomic mass is 35.5. The summed E-state index contributed by atoms with van der Waals surface area (Å²) in [6, 6.07) is 35.2. The van der Waals surface area contributed by atoms with E-state index in [9.17, 15) is 9.59 Å². The summed E-state index contributed by atoms with van der Waals surface area (Å²) < 4.78 is 0. The number of para-hydroxylation sites is 2. The van der Waals surface area contributed by atoms with Crippen LogP contribution in [0.5, 0.6) is 0 Å². The maximum atomic E-state index is 12.8. The van der Waals surface area contributed by atoms with Crippen LogP contribution in [0.1, 0.15) is 62.5 Å². The lowest BCUT2D eigenvalue weighted by atomic mass is 10.1. The Labute approximate surface area is 282 Å². The molecule has 4 aromatic carbocycles. The van der Waals surface area contributed by atoms with Crippen molar-refractivity contribution in [2.45, 2.75) is 76.5 Å².